The maximum Gasteiger partial charge on any atom is 0.347 e. The van der Waals surface area contributed by atoms with E-state index in [9.17, 15) is 19.7 Å². The first kappa shape index (κ1) is 14.6. The average Bonchev–Trinajstić information content (AvgIpc) is 2.39. The third-order valence-electron chi connectivity index (χ3n) is 2.24. The Hall–Kier alpha value is -2.44. The summed E-state index contributed by atoms with van der Waals surface area (Å²) in [6, 6.07) is 3.73. The van der Waals surface area contributed by atoms with Crippen molar-refractivity contribution in [3.05, 3.63) is 33.9 Å². The minimum absolute atomic E-state index is 0.0869. The van der Waals surface area contributed by atoms with Crippen molar-refractivity contribution < 1.29 is 24.0 Å². The first-order valence-corrected chi connectivity index (χ1v) is 5.56. The van der Waals surface area contributed by atoms with E-state index >= 15 is 0 Å². The molecule has 1 aromatic rings. The molecule has 0 saturated carbocycles. The van der Waals surface area contributed by atoms with E-state index < -0.39 is 17.0 Å². The van der Waals surface area contributed by atoms with Gasteiger partial charge >= 0.3 is 11.7 Å². The molecule has 1 atom stereocenters. The van der Waals surface area contributed by atoms with Crippen molar-refractivity contribution in [2.45, 2.75) is 20.0 Å². The van der Waals surface area contributed by atoms with Crippen LogP contribution < -0.4 is 4.74 Å². The van der Waals surface area contributed by atoms with E-state index in [1.54, 1.807) is 6.92 Å². The number of esters is 1. The molecule has 0 heterocycles. The second-order valence-electron chi connectivity index (χ2n) is 3.61. The average molecular weight is 267 g/mol. The van der Waals surface area contributed by atoms with Crippen molar-refractivity contribution in [1.29, 1.82) is 0 Å². The first-order chi connectivity index (χ1) is 8.99. The number of benzene rings is 1. The fraction of sp³-hybridized carbons (Fsp3) is 0.333. The van der Waals surface area contributed by atoms with E-state index in [4.69, 9.17) is 9.47 Å². The van der Waals surface area contributed by atoms with E-state index in [-0.39, 0.29) is 23.6 Å². The van der Waals surface area contributed by atoms with Crippen LogP contribution in [0.4, 0.5) is 5.69 Å². The van der Waals surface area contributed by atoms with Gasteiger partial charge < -0.3 is 9.47 Å². The van der Waals surface area contributed by atoms with Crippen LogP contribution in [0.5, 0.6) is 5.75 Å². The van der Waals surface area contributed by atoms with Crippen LogP contribution in [-0.2, 0) is 9.53 Å². The minimum atomic E-state index is -0.972. The highest BCUT2D eigenvalue weighted by molar-refractivity contribution is 5.78. The number of carbonyl (C=O) groups excluding carboxylic acids is 2. The van der Waals surface area contributed by atoms with E-state index in [2.05, 4.69) is 0 Å². The van der Waals surface area contributed by atoms with Gasteiger partial charge in [-0.1, -0.05) is 0 Å². The normalized spacial score (nSPS) is 11.5. The fourth-order valence-corrected chi connectivity index (χ4v) is 1.35. The molecule has 0 aliphatic rings. The Morgan fingerprint density at radius 3 is 2.74 bits per heavy atom. The van der Waals surface area contributed by atoms with Crippen LogP contribution in [0.15, 0.2) is 18.2 Å². The van der Waals surface area contributed by atoms with Crippen molar-refractivity contribution >= 4 is 17.9 Å². The molecule has 0 fully saturated rings. The van der Waals surface area contributed by atoms with Gasteiger partial charge in [0.15, 0.2) is 11.9 Å². The molecule has 0 aromatic heterocycles. The summed E-state index contributed by atoms with van der Waals surface area (Å²) < 4.78 is 9.92. The molecule has 7 nitrogen and oxygen atoms in total. The van der Waals surface area contributed by atoms with Gasteiger partial charge in [-0.25, -0.2) is 4.79 Å². The largest absolute Gasteiger partial charge is 0.472 e. The second-order valence-corrected chi connectivity index (χ2v) is 3.61. The highest BCUT2D eigenvalue weighted by atomic mass is 16.6. The molecule has 1 unspecified atom stereocenters. The van der Waals surface area contributed by atoms with Crippen molar-refractivity contribution in [2.75, 3.05) is 6.61 Å². The Kier molecular flexibility index (Phi) is 4.99. The summed E-state index contributed by atoms with van der Waals surface area (Å²) in [4.78, 5) is 32.1. The second kappa shape index (κ2) is 6.48. The van der Waals surface area contributed by atoms with Crippen LogP contribution in [0.1, 0.15) is 24.2 Å². The molecule has 0 saturated heterocycles. The van der Waals surface area contributed by atoms with Crippen LogP contribution in [0.2, 0.25) is 0 Å². The molecule has 0 radical (unpaired) electrons. The molecule has 102 valence electrons. The molecule has 0 amide bonds. The molecule has 1 rings (SSSR count). The molecule has 0 bridgehead atoms. The first-order valence-electron chi connectivity index (χ1n) is 5.56. The van der Waals surface area contributed by atoms with Gasteiger partial charge in [0, 0.05) is 11.6 Å². The number of rotatable bonds is 6. The van der Waals surface area contributed by atoms with Crippen molar-refractivity contribution in [3.63, 3.8) is 0 Å². The number of hydrogen-bond donors (Lipinski definition) is 0. The van der Waals surface area contributed by atoms with E-state index in [1.165, 1.54) is 19.1 Å². The highest BCUT2D eigenvalue weighted by Crippen LogP contribution is 2.28. The lowest BCUT2D eigenvalue weighted by atomic mass is 10.2. The van der Waals surface area contributed by atoms with Crippen molar-refractivity contribution in [1.82, 2.24) is 0 Å². The van der Waals surface area contributed by atoms with E-state index in [0.29, 0.717) is 6.29 Å². The van der Waals surface area contributed by atoms with Gasteiger partial charge in [-0.2, -0.15) is 0 Å². The Morgan fingerprint density at radius 1 is 1.53 bits per heavy atom. The van der Waals surface area contributed by atoms with Gasteiger partial charge in [0.2, 0.25) is 0 Å². The SMILES string of the molecule is CCOC(=O)C(C)Oc1ccc(C=O)cc1[N+](=O)[O-]. The molecule has 0 aliphatic heterocycles. The topological polar surface area (TPSA) is 95.7 Å². The number of carbonyl (C=O) groups is 2. The molecular weight excluding hydrogens is 254 g/mol. The van der Waals surface area contributed by atoms with E-state index in [0.717, 1.165) is 6.07 Å². The van der Waals surface area contributed by atoms with Crippen molar-refractivity contribution in [3.8, 4) is 5.75 Å². The third kappa shape index (κ3) is 3.77. The van der Waals surface area contributed by atoms with Crippen LogP contribution in [0.25, 0.3) is 0 Å². The molecule has 0 spiro atoms. The standard InChI is InChI=1S/C12H13NO6/c1-3-18-12(15)8(2)19-11-5-4-9(7-14)6-10(11)13(16)17/h4-8H,3H2,1-2H3. The fourth-order valence-electron chi connectivity index (χ4n) is 1.35. The lowest BCUT2D eigenvalue weighted by molar-refractivity contribution is -0.386. The Morgan fingerprint density at radius 2 is 2.21 bits per heavy atom. The van der Waals surface area contributed by atoms with Gasteiger partial charge in [0.05, 0.1) is 11.5 Å². The Bertz CT molecular complexity index is 499. The lowest BCUT2D eigenvalue weighted by Crippen LogP contribution is -2.26. The summed E-state index contributed by atoms with van der Waals surface area (Å²) in [5, 5.41) is 10.9. The summed E-state index contributed by atoms with van der Waals surface area (Å²) in [6.45, 7) is 3.26. The smallest absolute Gasteiger partial charge is 0.347 e. The highest BCUT2D eigenvalue weighted by Gasteiger charge is 2.22. The zero-order valence-corrected chi connectivity index (χ0v) is 10.5. The van der Waals surface area contributed by atoms with Gasteiger partial charge in [-0.05, 0) is 26.0 Å². The van der Waals surface area contributed by atoms with Gasteiger partial charge in [0.1, 0.15) is 6.29 Å². The quantitative estimate of drug-likeness (QED) is 0.337. The number of nitrogens with zero attached hydrogens (tertiary/aromatic N) is 1. The van der Waals surface area contributed by atoms with Crippen molar-refractivity contribution in [2.24, 2.45) is 0 Å². The number of nitro groups is 1. The molecule has 19 heavy (non-hydrogen) atoms. The predicted octanol–water partition coefficient (Wildman–Crippen LogP) is 1.74. The summed E-state index contributed by atoms with van der Waals surface area (Å²) in [7, 11) is 0. The molecular formula is C12H13NO6. The summed E-state index contributed by atoms with van der Waals surface area (Å²) in [5.74, 6) is -0.701. The number of nitro benzene ring substituents is 1. The monoisotopic (exact) mass is 267 g/mol. The van der Waals surface area contributed by atoms with E-state index in [1.807, 2.05) is 0 Å². The lowest BCUT2D eigenvalue weighted by Gasteiger charge is -2.13. The van der Waals surface area contributed by atoms with Gasteiger partial charge in [-0.15, -0.1) is 0 Å². The van der Waals surface area contributed by atoms with Gasteiger partial charge in [-0.3, -0.25) is 14.9 Å². The zero-order chi connectivity index (χ0) is 14.4. The number of ether oxygens (including phenoxy) is 2. The summed E-state index contributed by atoms with van der Waals surface area (Å²) in [5.41, 5.74) is -0.219. The maximum atomic E-state index is 11.4. The molecule has 7 heteroatoms. The number of aldehydes is 1. The minimum Gasteiger partial charge on any atom is -0.472 e. The predicted molar refractivity (Wildman–Crippen MR) is 65.2 cm³/mol. The van der Waals surface area contributed by atoms with Crippen LogP contribution in [0, 0.1) is 10.1 Å². The maximum absolute atomic E-state index is 11.4. The molecule has 0 N–H and O–H groups in total. The zero-order valence-electron chi connectivity index (χ0n) is 10.5. The van der Waals surface area contributed by atoms with Crippen LogP contribution in [-0.4, -0.2) is 29.9 Å². The molecule has 0 aliphatic carbocycles. The number of hydrogen-bond acceptors (Lipinski definition) is 6. The van der Waals surface area contributed by atoms with Gasteiger partial charge in [0.25, 0.3) is 0 Å². The van der Waals surface area contributed by atoms with Crippen LogP contribution in [0.3, 0.4) is 0 Å². The summed E-state index contributed by atoms with van der Waals surface area (Å²) in [6.07, 6.45) is -0.480. The van der Waals surface area contributed by atoms with Crippen LogP contribution >= 0.6 is 0 Å². The Balaban J connectivity index is 2.97. The summed E-state index contributed by atoms with van der Waals surface area (Å²) >= 11 is 0. The Labute approximate surface area is 109 Å². The molecule has 1 aromatic carbocycles. The third-order valence-corrected chi connectivity index (χ3v) is 2.24.